The van der Waals surface area contributed by atoms with E-state index < -0.39 is 0 Å². The van der Waals surface area contributed by atoms with E-state index in [0.29, 0.717) is 36.3 Å². The van der Waals surface area contributed by atoms with Gasteiger partial charge in [-0.3, -0.25) is 4.79 Å². The van der Waals surface area contributed by atoms with Gasteiger partial charge in [0.25, 0.3) is 0 Å². The second-order valence-electron chi connectivity index (χ2n) is 6.49. The highest BCUT2D eigenvalue weighted by Crippen LogP contribution is 2.21. The Kier molecular flexibility index (Phi) is 8.06. The van der Waals surface area contributed by atoms with Gasteiger partial charge in [0.2, 0.25) is 0 Å². The van der Waals surface area contributed by atoms with Gasteiger partial charge in [0.1, 0.15) is 5.75 Å². The standard InChI is InChI=1S/C21H28N2O3/c1-4-6-13-25-19-14-22-21(23-15-19)17-8-10-18(11-9-17)26-20(24)12-7-16(3)5-2/h8-11,14-16H,4-7,12-13H2,1-3H3. The van der Waals surface area contributed by atoms with Crippen molar-refractivity contribution in [2.45, 2.75) is 52.9 Å². The van der Waals surface area contributed by atoms with Crippen molar-refractivity contribution in [2.24, 2.45) is 5.92 Å². The van der Waals surface area contributed by atoms with Crippen LogP contribution in [0.5, 0.6) is 11.5 Å². The maximum atomic E-state index is 11.9. The zero-order valence-corrected chi connectivity index (χ0v) is 15.9. The topological polar surface area (TPSA) is 61.3 Å². The number of ether oxygens (including phenoxy) is 2. The van der Waals surface area contributed by atoms with E-state index in [2.05, 4.69) is 30.7 Å². The Labute approximate surface area is 155 Å². The van der Waals surface area contributed by atoms with Crippen LogP contribution in [-0.4, -0.2) is 22.5 Å². The molecule has 1 unspecified atom stereocenters. The molecule has 26 heavy (non-hydrogen) atoms. The Bertz CT molecular complexity index is 669. The number of rotatable bonds is 10. The van der Waals surface area contributed by atoms with Gasteiger partial charge >= 0.3 is 5.97 Å². The first kappa shape index (κ1) is 19.9. The van der Waals surface area contributed by atoms with Gasteiger partial charge < -0.3 is 9.47 Å². The van der Waals surface area contributed by atoms with Crippen molar-refractivity contribution in [3.63, 3.8) is 0 Å². The van der Waals surface area contributed by atoms with Crippen molar-refractivity contribution in [1.82, 2.24) is 9.97 Å². The molecule has 5 nitrogen and oxygen atoms in total. The molecule has 0 saturated carbocycles. The average molecular weight is 356 g/mol. The van der Waals surface area contributed by atoms with Crippen LogP contribution in [0.3, 0.4) is 0 Å². The molecule has 5 heteroatoms. The van der Waals surface area contributed by atoms with Crippen LogP contribution in [-0.2, 0) is 4.79 Å². The summed E-state index contributed by atoms with van der Waals surface area (Å²) in [6.07, 6.45) is 7.84. The third kappa shape index (κ3) is 6.47. The zero-order chi connectivity index (χ0) is 18.8. The maximum absolute atomic E-state index is 11.9. The molecule has 2 aromatic rings. The van der Waals surface area contributed by atoms with Crippen LogP contribution in [0.4, 0.5) is 0 Å². The molecule has 0 aliphatic heterocycles. The zero-order valence-electron chi connectivity index (χ0n) is 15.9. The number of nitrogens with zero attached hydrogens (tertiary/aromatic N) is 2. The highest BCUT2D eigenvalue weighted by molar-refractivity contribution is 5.72. The quantitative estimate of drug-likeness (QED) is 0.338. The molecule has 0 aliphatic rings. The summed E-state index contributed by atoms with van der Waals surface area (Å²) in [6.45, 7) is 7.06. The van der Waals surface area contributed by atoms with E-state index in [1.54, 1.807) is 24.5 Å². The Morgan fingerprint density at radius 1 is 1.08 bits per heavy atom. The van der Waals surface area contributed by atoms with Crippen LogP contribution >= 0.6 is 0 Å². The highest BCUT2D eigenvalue weighted by atomic mass is 16.5. The van der Waals surface area contributed by atoms with Gasteiger partial charge in [-0.05, 0) is 43.0 Å². The number of unbranched alkanes of at least 4 members (excludes halogenated alkanes) is 1. The van der Waals surface area contributed by atoms with Gasteiger partial charge in [-0.2, -0.15) is 0 Å². The Balaban J connectivity index is 1.89. The summed E-state index contributed by atoms with van der Waals surface area (Å²) in [5.74, 6) is 2.18. The molecule has 2 rings (SSSR count). The normalized spacial score (nSPS) is 11.8. The van der Waals surface area contributed by atoms with Crippen molar-refractivity contribution >= 4 is 5.97 Å². The van der Waals surface area contributed by atoms with E-state index in [0.717, 1.165) is 31.2 Å². The van der Waals surface area contributed by atoms with Gasteiger partial charge in [0.05, 0.1) is 19.0 Å². The number of carbonyl (C=O) groups is 1. The molecular weight excluding hydrogens is 328 g/mol. The molecule has 0 fully saturated rings. The van der Waals surface area contributed by atoms with E-state index in [1.807, 2.05) is 12.1 Å². The van der Waals surface area contributed by atoms with Gasteiger partial charge in [-0.1, -0.05) is 33.6 Å². The second-order valence-corrected chi connectivity index (χ2v) is 6.49. The Morgan fingerprint density at radius 3 is 2.38 bits per heavy atom. The summed E-state index contributed by atoms with van der Waals surface area (Å²) >= 11 is 0. The van der Waals surface area contributed by atoms with Gasteiger partial charge in [0, 0.05) is 12.0 Å². The molecule has 0 spiro atoms. The van der Waals surface area contributed by atoms with Gasteiger partial charge in [-0.15, -0.1) is 0 Å². The van der Waals surface area contributed by atoms with Crippen molar-refractivity contribution < 1.29 is 14.3 Å². The molecule has 0 saturated heterocycles. The molecule has 140 valence electrons. The molecule has 0 N–H and O–H groups in total. The fourth-order valence-electron chi connectivity index (χ4n) is 2.30. The average Bonchev–Trinajstić information content (AvgIpc) is 2.67. The first-order valence-corrected chi connectivity index (χ1v) is 9.38. The molecule has 1 heterocycles. The number of aromatic nitrogens is 2. The van der Waals surface area contributed by atoms with E-state index in [9.17, 15) is 4.79 Å². The maximum Gasteiger partial charge on any atom is 0.311 e. The first-order chi connectivity index (χ1) is 12.6. The number of esters is 1. The molecule has 0 bridgehead atoms. The smallest absolute Gasteiger partial charge is 0.311 e. The number of hydrogen-bond acceptors (Lipinski definition) is 5. The minimum atomic E-state index is -0.192. The predicted molar refractivity (Wildman–Crippen MR) is 102 cm³/mol. The SMILES string of the molecule is CCCCOc1cnc(-c2ccc(OC(=O)CCC(C)CC)cc2)nc1. The van der Waals surface area contributed by atoms with Crippen LogP contribution in [0, 0.1) is 5.92 Å². The lowest BCUT2D eigenvalue weighted by Crippen LogP contribution is -2.09. The van der Waals surface area contributed by atoms with Gasteiger partial charge in [0.15, 0.2) is 11.6 Å². The highest BCUT2D eigenvalue weighted by Gasteiger charge is 2.09. The first-order valence-electron chi connectivity index (χ1n) is 9.38. The van der Waals surface area contributed by atoms with Crippen LogP contribution < -0.4 is 9.47 Å². The lowest BCUT2D eigenvalue weighted by molar-refractivity contribution is -0.134. The third-order valence-electron chi connectivity index (χ3n) is 4.28. The minimum absolute atomic E-state index is 0.192. The van der Waals surface area contributed by atoms with Crippen molar-refractivity contribution in [1.29, 1.82) is 0 Å². The summed E-state index contributed by atoms with van der Waals surface area (Å²) < 4.78 is 10.9. The molecule has 0 radical (unpaired) electrons. The summed E-state index contributed by atoms with van der Waals surface area (Å²) in [4.78, 5) is 20.5. The third-order valence-corrected chi connectivity index (χ3v) is 4.28. The Morgan fingerprint density at radius 2 is 1.77 bits per heavy atom. The summed E-state index contributed by atoms with van der Waals surface area (Å²) in [6, 6.07) is 7.24. The van der Waals surface area contributed by atoms with Crippen LogP contribution in [0.1, 0.15) is 52.9 Å². The Hall–Kier alpha value is -2.43. The van der Waals surface area contributed by atoms with E-state index in [4.69, 9.17) is 9.47 Å². The molecular formula is C21H28N2O3. The minimum Gasteiger partial charge on any atom is -0.490 e. The van der Waals surface area contributed by atoms with Crippen molar-refractivity contribution in [2.75, 3.05) is 6.61 Å². The van der Waals surface area contributed by atoms with Crippen LogP contribution in [0.25, 0.3) is 11.4 Å². The fraction of sp³-hybridized carbons (Fsp3) is 0.476. The lowest BCUT2D eigenvalue weighted by atomic mass is 10.0. The lowest BCUT2D eigenvalue weighted by Gasteiger charge is -2.08. The van der Waals surface area contributed by atoms with Crippen LogP contribution in [0.2, 0.25) is 0 Å². The number of benzene rings is 1. The molecule has 0 amide bonds. The van der Waals surface area contributed by atoms with E-state index >= 15 is 0 Å². The largest absolute Gasteiger partial charge is 0.490 e. The van der Waals surface area contributed by atoms with Crippen molar-refractivity contribution in [3.8, 4) is 22.9 Å². The summed E-state index contributed by atoms with van der Waals surface area (Å²) in [7, 11) is 0. The monoisotopic (exact) mass is 356 g/mol. The fourth-order valence-corrected chi connectivity index (χ4v) is 2.30. The van der Waals surface area contributed by atoms with Crippen molar-refractivity contribution in [3.05, 3.63) is 36.7 Å². The molecule has 1 aromatic carbocycles. The summed E-state index contributed by atoms with van der Waals surface area (Å²) in [5, 5.41) is 0. The number of hydrogen-bond donors (Lipinski definition) is 0. The van der Waals surface area contributed by atoms with Gasteiger partial charge in [-0.25, -0.2) is 9.97 Å². The number of carbonyl (C=O) groups excluding carboxylic acids is 1. The van der Waals surface area contributed by atoms with Crippen LogP contribution in [0.15, 0.2) is 36.7 Å². The van der Waals surface area contributed by atoms with E-state index in [-0.39, 0.29) is 5.97 Å². The second kappa shape index (κ2) is 10.5. The predicted octanol–water partition coefficient (Wildman–Crippen LogP) is 5.05. The van der Waals surface area contributed by atoms with E-state index in [1.165, 1.54) is 0 Å². The molecule has 1 aromatic heterocycles. The molecule has 1 atom stereocenters. The summed E-state index contributed by atoms with van der Waals surface area (Å²) in [5.41, 5.74) is 0.865. The molecule has 0 aliphatic carbocycles.